The summed E-state index contributed by atoms with van der Waals surface area (Å²) in [6, 6.07) is 12.4. The summed E-state index contributed by atoms with van der Waals surface area (Å²) in [6.45, 7) is 1.77. The molecule has 25 heavy (non-hydrogen) atoms. The van der Waals surface area contributed by atoms with Gasteiger partial charge >= 0.3 is 0 Å². The molecule has 0 unspecified atom stereocenters. The second kappa shape index (κ2) is 7.21. The minimum absolute atomic E-state index is 0.295. The number of hydrogen-bond donors (Lipinski definition) is 3. The van der Waals surface area contributed by atoms with Crippen molar-refractivity contribution in [1.29, 1.82) is 0 Å². The SMILES string of the molecule is CC1=C(C(=O)Nc2cccc(Cl)c2)[C@H](c2ccc(F)cc2)NC(=S)N1. The van der Waals surface area contributed by atoms with Crippen LogP contribution in [0.15, 0.2) is 59.8 Å². The number of rotatable bonds is 3. The lowest BCUT2D eigenvalue weighted by Crippen LogP contribution is -2.45. The molecule has 1 aliphatic rings. The molecule has 4 nitrogen and oxygen atoms in total. The van der Waals surface area contributed by atoms with Gasteiger partial charge in [0.25, 0.3) is 5.91 Å². The summed E-state index contributed by atoms with van der Waals surface area (Å²) in [5.74, 6) is -0.637. The van der Waals surface area contributed by atoms with Gasteiger partial charge in [0.05, 0.1) is 11.6 Å². The van der Waals surface area contributed by atoms with Crippen molar-refractivity contribution in [3.8, 4) is 0 Å². The Hall–Kier alpha value is -2.44. The lowest BCUT2D eigenvalue weighted by atomic mass is 9.95. The third kappa shape index (κ3) is 3.97. The molecule has 3 N–H and O–H groups in total. The summed E-state index contributed by atoms with van der Waals surface area (Å²) in [7, 11) is 0. The number of hydrogen-bond acceptors (Lipinski definition) is 2. The van der Waals surface area contributed by atoms with Gasteiger partial charge in [0.2, 0.25) is 0 Å². The fourth-order valence-electron chi connectivity index (χ4n) is 2.66. The van der Waals surface area contributed by atoms with Crippen LogP contribution in [0.4, 0.5) is 10.1 Å². The quantitative estimate of drug-likeness (QED) is 0.712. The van der Waals surface area contributed by atoms with Gasteiger partial charge in [-0.3, -0.25) is 4.79 Å². The zero-order chi connectivity index (χ0) is 18.0. The Morgan fingerprint density at radius 3 is 2.64 bits per heavy atom. The Balaban J connectivity index is 1.94. The van der Waals surface area contributed by atoms with E-state index >= 15 is 0 Å². The lowest BCUT2D eigenvalue weighted by Gasteiger charge is -2.30. The summed E-state index contributed by atoms with van der Waals surface area (Å²) in [6.07, 6.45) is 0. The molecule has 2 aromatic rings. The maximum absolute atomic E-state index is 13.2. The molecule has 0 aliphatic carbocycles. The zero-order valence-corrected chi connectivity index (χ0v) is 14.8. The number of thiocarbonyl (C=S) groups is 1. The number of benzene rings is 2. The fraction of sp³-hybridized carbons (Fsp3) is 0.111. The van der Waals surface area contributed by atoms with Crippen molar-refractivity contribution in [1.82, 2.24) is 10.6 Å². The van der Waals surface area contributed by atoms with Crippen molar-refractivity contribution >= 4 is 40.5 Å². The van der Waals surface area contributed by atoms with Crippen LogP contribution in [0.1, 0.15) is 18.5 Å². The van der Waals surface area contributed by atoms with E-state index in [1.807, 2.05) is 0 Å². The molecule has 0 aromatic heterocycles. The summed E-state index contributed by atoms with van der Waals surface area (Å²) < 4.78 is 13.2. The Kier molecular flexibility index (Phi) is 5.01. The molecule has 1 atom stereocenters. The second-order valence-electron chi connectivity index (χ2n) is 5.59. The van der Waals surface area contributed by atoms with Crippen LogP contribution in [0, 0.1) is 5.82 Å². The van der Waals surface area contributed by atoms with Crippen molar-refractivity contribution in [3.05, 3.63) is 76.2 Å². The van der Waals surface area contributed by atoms with Gasteiger partial charge in [0.15, 0.2) is 5.11 Å². The van der Waals surface area contributed by atoms with Crippen LogP contribution in [0.2, 0.25) is 5.02 Å². The highest BCUT2D eigenvalue weighted by Gasteiger charge is 2.29. The Bertz CT molecular complexity index is 867. The average molecular weight is 376 g/mol. The highest BCUT2D eigenvalue weighted by molar-refractivity contribution is 7.80. The molecule has 1 heterocycles. The summed E-state index contributed by atoms with van der Waals surface area (Å²) >= 11 is 11.2. The third-order valence-corrected chi connectivity index (χ3v) is 4.25. The van der Waals surface area contributed by atoms with Crippen LogP contribution in [-0.4, -0.2) is 11.0 Å². The van der Waals surface area contributed by atoms with Crippen molar-refractivity contribution in [2.24, 2.45) is 0 Å². The van der Waals surface area contributed by atoms with Gasteiger partial charge in [0.1, 0.15) is 5.82 Å². The molecule has 0 radical (unpaired) electrons. The van der Waals surface area contributed by atoms with E-state index in [4.69, 9.17) is 23.8 Å². The van der Waals surface area contributed by atoms with Crippen molar-refractivity contribution in [3.63, 3.8) is 0 Å². The van der Waals surface area contributed by atoms with E-state index in [0.29, 0.717) is 27.1 Å². The summed E-state index contributed by atoms with van der Waals surface area (Å²) in [5.41, 5.74) is 2.43. The van der Waals surface area contributed by atoms with Crippen LogP contribution in [0.25, 0.3) is 0 Å². The molecule has 1 aliphatic heterocycles. The first-order chi connectivity index (χ1) is 11.9. The summed E-state index contributed by atoms with van der Waals surface area (Å²) in [5, 5.41) is 9.79. The maximum atomic E-state index is 13.2. The van der Waals surface area contributed by atoms with Gasteiger partial charge in [-0.1, -0.05) is 29.8 Å². The number of halogens is 2. The van der Waals surface area contributed by atoms with Crippen molar-refractivity contribution < 1.29 is 9.18 Å². The molecule has 0 fully saturated rings. The van der Waals surface area contributed by atoms with Crippen LogP contribution in [0.3, 0.4) is 0 Å². The highest BCUT2D eigenvalue weighted by Crippen LogP contribution is 2.28. The number of carbonyl (C=O) groups excluding carboxylic acids is 1. The monoisotopic (exact) mass is 375 g/mol. The predicted molar refractivity (Wildman–Crippen MR) is 101 cm³/mol. The number of nitrogens with one attached hydrogen (secondary N) is 3. The first kappa shape index (κ1) is 17.4. The van der Waals surface area contributed by atoms with Crippen molar-refractivity contribution in [2.45, 2.75) is 13.0 Å². The van der Waals surface area contributed by atoms with E-state index < -0.39 is 6.04 Å². The van der Waals surface area contributed by atoms with E-state index in [9.17, 15) is 9.18 Å². The van der Waals surface area contributed by atoms with Gasteiger partial charge in [-0.25, -0.2) is 4.39 Å². The Morgan fingerprint density at radius 1 is 1.24 bits per heavy atom. The topological polar surface area (TPSA) is 53.2 Å². The molecule has 0 spiro atoms. The van der Waals surface area contributed by atoms with Gasteiger partial charge in [-0.05, 0) is 55.0 Å². The van der Waals surface area contributed by atoms with Gasteiger partial charge in [-0.2, -0.15) is 0 Å². The molecule has 3 rings (SSSR count). The molecule has 0 saturated carbocycles. The normalized spacial score (nSPS) is 16.9. The minimum Gasteiger partial charge on any atom is -0.351 e. The van der Waals surface area contributed by atoms with Crippen LogP contribution in [0.5, 0.6) is 0 Å². The van der Waals surface area contributed by atoms with Crippen molar-refractivity contribution in [2.75, 3.05) is 5.32 Å². The number of carbonyl (C=O) groups is 1. The van der Waals surface area contributed by atoms with E-state index in [-0.39, 0.29) is 11.7 Å². The molecular formula is C18H15ClFN3OS. The molecule has 0 bridgehead atoms. The standard InChI is InChI=1S/C18H15ClFN3OS/c1-10-15(17(24)22-14-4-2-3-12(19)9-14)16(23-18(25)21-10)11-5-7-13(20)8-6-11/h2-9,16H,1H3,(H,22,24)(H2,21,23,25)/t16-/m0/s1. The predicted octanol–water partition coefficient (Wildman–Crippen LogP) is 3.91. The first-order valence-electron chi connectivity index (χ1n) is 7.54. The molecule has 7 heteroatoms. The van der Waals surface area contributed by atoms with E-state index in [1.165, 1.54) is 12.1 Å². The third-order valence-electron chi connectivity index (χ3n) is 3.80. The Labute approximate surface area is 155 Å². The zero-order valence-electron chi connectivity index (χ0n) is 13.3. The molecular weight excluding hydrogens is 361 g/mol. The van der Waals surface area contributed by atoms with Gasteiger partial charge in [0, 0.05) is 16.4 Å². The first-order valence-corrected chi connectivity index (χ1v) is 8.33. The molecule has 2 aromatic carbocycles. The lowest BCUT2D eigenvalue weighted by molar-refractivity contribution is -0.113. The van der Waals surface area contributed by atoms with Crippen LogP contribution in [-0.2, 0) is 4.79 Å². The number of anilines is 1. The molecule has 128 valence electrons. The number of allylic oxidation sites excluding steroid dienone is 1. The fourth-order valence-corrected chi connectivity index (χ4v) is 3.13. The maximum Gasteiger partial charge on any atom is 0.255 e. The van der Waals surface area contributed by atoms with E-state index in [0.717, 1.165) is 5.56 Å². The second-order valence-corrected chi connectivity index (χ2v) is 6.43. The average Bonchev–Trinajstić information content (AvgIpc) is 2.54. The number of amides is 1. The van der Waals surface area contributed by atoms with Crippen LogP contribution >= 0.6 is 23.8 Å². The molecule has 0 saturated heterocycles. The smallest absolute Gasteiger partial charge is 0.255 e. The Morgan fingerprint density at radius 2 is 1.96 bits per heavy atom. The summed E-state index contributed by atoms with van der Waals surface area (Å²) in [4.78, 5) is 12.8. The molecule has 1 amide bonds. The van der Waals surface area contributed by atoms with Gasteiger partial charge in [-0.15, -0.1) is 0 Å². The van der Waals surface area contributed by atoms with E-state index in [2.05, 4.69) is 16.0 Å². The van der Waals surface area contributed by atoms with Gasteiger partial charge < -0.3 is 16.0 Å². The van der Waals surface area contributed by atoms with Crippen LogP contribution < -0.4 is 16.0 Å². The van der Waals surface area contributed by atoms with E-state index in [1.54, 1.807) is 43.3 Å². The highest BCUT2D eigenvalue weighted by atomic mass is 35.5. The largest absolute Gasteiger partial charge is 0.351 e. The minimum atomic E-state index is -0.478.